The van der Waals surface area contributed by atoms with Gasteiger partial charge in [0, 0.05) is 28.6 Å². The van der Waals surface area contributed by atoms with Crippen LogP contribution in [-0.4, -0.2) is 12.9 Å². The zero-order valence-electron chi connectivity index (χ0n) is 9.77. The molecule has 0 saturated heterocycles. The number of anilines is 1. The highest BCUT2D eigenvalue weighted by atomic mass is 79.9. The number of ether oxygens (including phenoxy) is 1. The highest BCUT2D eigenvalue weighted by Crippen LogP contribution is 2.25. The average Bonchev–Trinajstić information content (AvgIpc) is 2.74. The van der Waals surface area contributed by atoms with Gasteiger partial charge >= 0.3 is 0 Å². The van der Waals surface area contributed by atoms with Crippen LogP contribution in [0.2, 0.25) is 0 Å². The molecular formula is C13H12BrNO2S. The molecule has 2 aromatic rings. The van der Waals surface area contributed by atoms with E-state index in [1.165, 1.54) is 0 Å². The number of hydrogen-bond acceptors (Lipinski definition) is 4. The number of nitrogen functional groups attached to an aromatic ring is 1. The summed E-state index contributed by atoms with van der Waals surface area (Å²) in [6, 6.07) is 8.99. The molecule has 2 rings (SSSR count). The number of rotatable bonds is 4. The Labute approximate surface area is 118 Å². The van der Waals surface area contributed by atoms with E-state index >= 15 is 0 Å². The van der Waals surface area contributed by atoms with Gasteiger partial charge < -0.3 is 10.5 Å². The first-order valence-corrected chi connectivity index (χ1v) is 6.92. The third-order valence-electron chi connectivity index (χ3n) is 2.52. The number of benzene rings is 1. The normalized spacial score (nSPS) is 10.3. The first-order chi connectivity index (χ1) is 8.60. The lowest BCUT2D eigenvalue weighted by molar-refractivity contribution is 0.0994. The Bertz CT molecular complexity index is 580. The summed E-state index contributed by atoms with van der Waals surface area (Å²) in [6.45, 7) is 0. The number of methoxy groups -OCH3 is 1. The first kappa shape index (κ1) is 13.1. The summed E-state index contributed by atoms with van der Waals surface area (Å²) in [5.74, 6) is 0.674. The van der Waals surface area contributed by atoms with E-state index < -0.39 is 0 Å². The average molecular weight is 326 g/mol. The molecular weight excluding hydrogens is 314 g/mol. The number of halogens is 1. The number of ketones is 1. The fraction of sp³-hybridized carbons (Fsp3) is 0.154. The Kier molecular flexibility index (Phi) is 4.04. The van der Waals surface area contributed by atoms with Crippen LogP contribution >= 0.6 is 27.3 Å². The van der Waals surface area contributed by atoms with Gasteiger partial charge in [0.1, 0.15) is 5.75 Å². The number of thiophene rings is 1. The Morgan fingerprint density at radius 3 is 2.72 bits per heavy atom. The van der Waals surface area contributed by atoms with Crippen molar-refractivity contribution in [3.05, 3.63) is 44.6 Å². The summed E-state index contributed by atoms with van der Waals surface area (Å²) >= 11 is 4.93. The van der Waals surface area contributed by atoms with Crippen LogP contribution in [0.1, 0.15) is 15.2 Å². The van der Waals surface area contributed by atoms with Crippen molar-refractivity contribution in [2.75, 3.05) is 12.8 Å². The third-order valence-corrected chi connectivity index (χ3v) is 4.15. The summed E-state index contributed by atoms with van der Waals surface area (Å²) in [5.41, 5.74) is 6.85. The molecule has 0 radical (unpaired) electrons. The number of carbonyl (C=O) groups is 1. The van der Waals surface area contributed by atoms with E-state index in [0.29, 0.717) is 23.4 Å². The molecule has 18 heavy (non-hydrogen) atoms. The molecule has 1 aromatic carbocycles. The zero-order chi connectivity index (χ0) is 13.1. The minimum atomic E-state index is 0.0181. The van der Waals surface area contributed by atoms with Crippen LogP contribution < -0.4 is 10.5 Å². The standard InChI is InChI=1S/C13H12BrNO2S/c1-17-8-2-4-10(11(15)6-8)12(16)7-9-3-5-13(14)18-9/h2-6H,7,15H2,1H3. The van der Waals surface area contributed by atoms with Gasteiger partial charge in [0.2, 0.25) is 0 Å². The SMILES string of the molecule is COc1ccc(C(=O)Cc2ccc(Br)s2)c(N)c1. The topological polar surface area (TPSA) is 52.3 Å². The minimum absolute atomic E-state index is 0.0181. The van der Waals surface area contributed by atoms with Crippen molar-refractivity contribution in [2.24, 2.45) is 0 Å². The van der Waals surface area contributed by atoms with Crippen molar-refractivity contribution in [1.29, 1.82) is 0 Å². The van der Waals surface area contributed by atoms with Gasteiger partial charge in [0.25, 0.3) is 0 Å². The summed E-state index contributed by atoms with van der Waals surface area (Å²) in [7, 11) is 1.57. The molecule has 0 unspecified atom stereocenters. The highest BCUT2D eigenvalue weighted by molar-refractivity contribution is 9.11. The molecule has 0 aliphatic carbocycles. The van der Waals surface area contributed by atoms with E-state index in [0.717, 1.165) is 8.66 Å². The molecule has 3 nitrogen and oxygen atoms in total. The Morgan fingerprint density at radius 1 is 1.39 bits per heavy atom. The van der Waals surface area contributed by atoms with Gasteiger partial charge in [0.05, 0.1) is 10.9 Å². The fourth-order valence-corrected chi connectivity index (χ4v) is 3.10. The van der Waals surface area contributed by atoms with Crippen LogP contribution in [0.15, 0.2) is 34.1 Å². The monoisotopic (exact) mass is 325 g/mol. The van der Waals surface area contributed by atoms with Crippen LogP contribution in [0.4, 0.5) is 5.69 Å². The maximum absolute atomic E-state index is 12.1. The maximum Gasteiger partial charge on any atom is 0.170 e. The summed E-state index contributed by atoms with van der Waals surface area (Å²) in [5, 5.41) is 0. The molecule has 0 aliphatic heterocycles. The molecule has 0 bridgehead atoms. The van der Waals surface area contributed by atoms with E-state index in [1.807, 2.05) is 12.1 Å². The molecule has 2 N–H and O–H groups in total. The Balaban J connectivity index is 2.18. The second-order valence-electron chi connectivity index (χ2n) is 3.76. The van der Waals surface area contributed by atoms with E-state index in [2.05, 4.69) is 15.9 Å². The van der Waals surface area contributed by atoms with E-state index in [9.17, 15) is 4.79 Å². The maximum atomic E-state index is 12.1. The van der Waals surface area contributed by atoms with Crippen molar-refractivity contribution in [2.45, 2.75) is 6.42 Å². The molecule has 0 aliphatic rings. The molecule has 94 valence electrons. The molecule has 0 spiro atoms. The zero-order valence-corrected chi connectivity index (χ0v) is 12.2. The van der Waals surface area contributed by atoms with Crippen LogP contribution in [0.3, 0.4) is 0 Å². The van der Waals surface area contributed by atoms with Gasteiger partial charge in [-0.2, -0.15) is 0 Å². The van der Waals surface area contributed by atoms with Crippen molar-refractivity contribution in [3.8, 4) is 5.75 Å². The smallest absolute Gasteiger partial charge is 0.170 e. The molecule has 0 fully saturated rings. The first-order valence-electron chi connectivity index (χ1n) is 5.31. The van der Waals surface area contributed by atoms with Crippen LogP contribution in [0, 0.1) is 0 Å². The predicted molar refractivity (Wildman–Crippen MR) is 77.5 cm³/mol. The predicted octanol–water partition coefficient (Wildman–Crippen LogP) is 3.53. The van der Waals surface area contributed by atoms with Gasteiger partial charge in [-0.1, -0.05) is 0 Å². The second-order valence-corrected chi connectivity index (χ2v) is 6.31. The highest BCUT2D eigenvalue weighted by Gasteiger charge is 2.12. The summed E-state index contributed by atoms with van der Waals surface area (Å²) in [4.78, 5) is 13.1. The lowest BCUT2D eigenvalue weighted by Crippen LogP contribution is -2.06. The Morgan fingerprint density at radius 2 is 2.17 bits per heavy atom. The quantitative estimate of drug-likeness (QED) is 0.691. The number of hydrogen-bond donors (Lipinski definition) is 1. The van der Waals surface area contributed by atoms with Crippen molar-refractivity contribution in [1.82, 2.24) is 0 Å². The van der Waals surface area contributed by atoms with Gasteiger partial charge in [-0.3, -0.25) is 4.79 Å². The van der Waals surface area contributed by atoms with Crippen molar-refractivity contribution >= 4 is 38.7 Å². The van der Waals surface area contributed by atoms with Crippen molar-refractivity contribution < 1.29 is 9.53 Å². The Hall–Kier alpha value is -1.33. The molecule has 0 saturated carbocycles. The van der Waals surface area contributed by atoms with Crippen molar-refractivity contribution in [3.63, 3.8) is 0 Å². The van der Waals surface area contributed by atoms with Crippen LogP contribution in [0.25, 0.3) is 0 Å². The second kappa shape index (κ2) is 5.54. The van der Waals surface area contributed by atoms with E-state index in [1.54, 1.807) is 36.6 Å². The lowest BCUT2D eigenvalue weighted by Gasteiger charge is -2.06. The summed E-state index contributed by atoms with van der Waals surface area (Å²) in [6.07, 6.45) is 0.368. The number of Topliss-reactive ketones (excluding diaryl/α,β-unsaturated/α-hetero) is 1. The molecule has 0 atom stereocenters. The molecule has 1 aromatic heterocycles. The fourth-order valence-electron chi connectivity index (χ4n) is 1.62. The molecule has 1 heterocycles. The largest absolute Gasteiger partial charge is 0.497 e. The lowest BCUT2D eigenvalue weighted by atomic mass is 10.1. The van der Waals surface area contributed by atoms with Gasteiger partial charge in [0.15, 0.2) is 5.78 Å². The van der Waals surface area contributed by atoms with Crippen LogP contribution in [0.5, 0.6) is 5.75 Å². The van der Waals surface area contributed by atoms with Crippen LogP contribution in [-0.2, 0) is 6.42 Å². The van der Waals surface area contributed by atoms with Gasteiger partial charge in [-0.25, -0.2) is 0 Å². The van der Waals surface area contributed by atoms with E-state index in [-0.39, 0.29) is 5.78 Å². The van der Waals surface area contributed by atoms with Gasteiger partial charge in [-0.05, 0) is 40.2 Å². The number of nitrogens with two attached hydrogens (primary N) is 1. The number of carbonyl (C=O) groups excluding carboxylic acids is 1. The third kappa shape index (κ3) is 2.91. The molecule has 5 heteroatoms. The van der Waals surface area contributed by atoms with E-state index in [4.69, 9.17) is 10.5 Å². The van der Waals surface area contributed by atoms with Gasteiger partial charge in [-0.15, -0.1) is 11.3 Å². The summed E-state index contributed by atoms with van der Waals surface area (Å²) < 4.78 is 6.08. The minimum Gasteiger partial charge on any atom is -0.497 e. The molecule has 0 amide bonds.